The Morgan fingerprint density at radius 1 is 1.16 bits per heavy atom. The first kappa shape index (κ1) is 14.7. The Labute approximate surface area is 112 Å². The third-order valence-corrected chi connectivity index (χ3v) is 2.39. The van der Waals surface area contributed by atoms with E-state index in [0.717, 1.165) is 0 Å². The number of nitrogens with one attached hydrogen (secondary N) is 2. The molecule has 19 heavy (non-hydrogen) atoms. The Morgan fingerprint density at radius 2 is 1.74 bits per heavy atom. The van der Waals surface area contributed by atoms with Gasteiger partial charge < -0.3 is 15.7 Å². The molecule has 0 saturated carbocycles. The topological polar surface area (TPSA) is 78.4 Å². The highest BCUT2D eigenvalue weighted by Gasteiger charge is 2.15. The van der Waals surface area contributed by atoms with Crippen LogP contribution in [0.15, 0.2) is 24.3 Å². The molecule has 2 amide bonds. The van der Waals surface area contributed by atoms with Crippen LogP contribution < -0.4 is 10.6 Å². The van der Waals surface area contributed by atoms with Gasteiger partial charge in [0, 0.05) is 13.2 Å². The molecule has 0 heterocycles. The van der Waals surface area contributed by atoms with Crippen LogP contribution in [0.4, 0.5) is 0 Å². The molecule has 5 heteroatoms. The summed E-state index contributed by atoms with van der Waals surface area (Å²) in [4.78, 5) is 23.7. The van der Waals surface area contributed by atoms with E-state index in [1.165, 1.54) is 0 Å². The number of rotatable bonds is 6. The molecular formula is C14H16N2O3. The average Bonchev–Trinajstić information content (AvgIpc) is 2.45. The Hall–Kier alpha value is -2.32. The minimum atomic E-state index is -0.383. The Kier molecular flexibility index (Phi) is 6.13. The summed E-state index contributed by atoms with van der Waals surface area (Å²) in [6.45, 7) is 0.472. The molecule has 0 spiro atoms. The molecule has 0 bridgehead atoms. The first-order valence-electron chi connectivity index (χ1n) is 5.90. The van der Waals surface area contributed by atoms with Crippen LogP contribution in [0.2, 0.25) is 0 Å². The van der Waals surface area contributed by atoms with E-state index in [0.29, 0.717) is 13.0 Å². The van der Waals surface area contributed by atoms with E-state index in [-0.39, 0.29) is 36.1 Å². The fourth-order valence-corrected chi connectivity index (χ4v) is 1.48. The zero-order valence-electron chi connectivity index (χ0n) is 10.5. The largest absolute Gasteiger partial charge is 0.396 e. The second-order valence-corrected chi connectivity index (χ2v) is 3.77. The minimum Gasteiger partial charge on any atom is -0.396 e. The van der Waals surface area contributed by atoms with Crippen LogP contribution >= 0.6 is 0 Å². The van der Waals surface area contributed by atoms with Crippen LogP contribution in [-0.2, 0) is 0 Å². The van der Waals surface area contributed by atoms with Crippen LogP contribution in [0.5, 0.6) is 0 Å². The summed E-state index contributed by atoms with van der Waals surface area (Å²) in [6, 6.07) is 6.49. The van der Waals surface area contributed by atoms with Crippen molar-refractivity contribution in [2.45, 2.75) is 6.42 Å². The molecular weight excluding hydrogens is 244 g/mol. The van der Waals surface area contributed by atoms with Gasteiger partial charge in [-0.15, -0.1) is 6.42 Å². The second-order valence-electron chi connectivity index (χ2n) is 3.77. The van der Waals surface area contributed by atoms with E-state index < -0.39 is 0 Å². The normalized spacial score (nSPS) is 9.47. The number of benzene rings is 1. The lowest BCUT2D eigenvalue weighted by atomic mass is 10.1. The molecule has 0 saturated heterocycles. The van der Waals surface area contributed by atoms with Crippen molar-refractivity contribution in [3.8, 4) is 12.3 Å². The maximum Gasteiger partial charge on any atom is 0.252 e. The molecule has 0 aliphatic heterocycles. The zero-order valence-corrected chi connectivity index (χ0v) is 10.5. The van der Waals surface area contributed by atoms with Crippen molar-refractivity contribution in [1.82, 2.24) is 10.6 Å². The third-order valence-electron chi connectivity index (χ3n) is 2.39. The van der Waals surface area contributed by atoms with Crippen molar-refractivity contribution in [2.24, 2.45) is 0 Å². The summed E-state index contributed by atoms with van der Waals surface area (Å²) in [5, 5.41) is 13.8. The van der Waals surface area contributed by atoms with E-state index in [4.69, 9.17) is 11.5 Å². The highest BCUT2D eigenvalue weighted by atomic mass is 16.3. The Balaban J connectivity index is 2.80. The van der Waals surface area contributed by atoms with Gasteiger partial charge >= 0.3 is 0 Å². The van der Waals surface area contributed by atoms with Crippen LogP contribution in [0.25, 0.3) is 0 Å². The summed E-state index contributed by atoms with van der Waals surface area (Å²) >= 11 is 0. The van der Waals surface area contributed by atoms with E-state index in [1.54, 1.807) is 24.3 Å². The Bertz CT molecular complexity index is 492. The van der Waals surface area contributed by atoms with Gasteiger partial charge in [-0.3, -0.25) is 9.59 Å². The first-order valence-corrected chi connectivity index (χ1v) is 5.90. The minimum absolute atomic E-state index is 0.00455. The van der Waals surface area contributed by atoms with Crippen molar-refractivity contribution < 1.29 is 14.7 Å². The van der Waals surface area contributed by atoms with Gasteiger partial charge in [-0.2, -0.15) is 0 Å². The van der Waals surface area contributed by atoms with E-state index in [9.17, 15) is 9.59 Å². The summed E-state index contributed by atoms with van der Waals surface area (Å²) in [5.74, 6) is 1.57. The number of aliphatic hydroxyl groups is 1. The van der Waals surface area contributed by atoms with Gasteiger partial charge in [0.1, 0.15) is 0 Å². The van der Waals surface area contributed by atoms with Crippen molar-refractivity contribution in [3.63, 3.8) is 0 Å². The van der Waals surface area contributed by atoms with Gasteiger partial charge in [0.15, 0.2) is 0 Å². The average molecular weight is 260 g/mol. The molecule has 1 aromatic carbocycles. The lowest BCUT2D eigenvalue weighted by molar-refractivity contribution is 0.0920. The number of hydrogen-bond donors (Lipinski definition) is 3. The van der Waals surface area contributed by atoms with Crippen molar-refractivity contribution in [2.75, 3.05) is 19.7 Å². The fraction of sp³-hybridized carbons (Fsp3) is 0.286. The molecule has 1 aromatic rings. The van der Waals surface area contributed by atoms with Gasteiger partial charge in [-0.25, -0.2) is 0 Å². The maximum atomic E-state index is 11.9. The maximum absolute atomic E-state index is 11.9. The van der Waals surface area contributed by atoms with Gasteiger partial charge in [-0.05, 0) is 18.6 Å². The summed E-state index contributed by atoms with van der Waals surface area (Å²) in [6.07, 6.45) is 5.54. The monoisotopic (exact) mass is 260 g/mol. The highest BCUT2D eigenvalue weighted by Crippen LogP contribution is 2.08. The molecule has 3 N–H and O–H groups in total. The molecule has 0 fully saturated rings. The van der Waals surface area contributed by atoms with Crippen LogP contribution in [-0.4, -0.2) is 36.6 Å². The van der Waals surface area contributed by atoms with Gasteiger partial charge in [0.05, 0.1) is 17.7 Å². The zero-order chi connectivity index (χ0) is 14.1. The summed E-state index contributed by atoms with van der Waals surface area (Å²) in [5.41, 5.74) is 0.564. The van der Waals surface area contributed by atoms with Gasteiger partial charge in [0.25, 0.3) is 11.8 Å². The fourth-order valence-electron chi connectivity index (χ4n) is 1.48. The van der Waals surface area contributed by atoms with Gasteiger partial charge in [-0.1, -0.05) is 18.1 Å². The lowest BCUT2D eigenvalue weighted by Gasteiger charge is -2.09. The molecule has 0 unspecified atom stereocenters. The van der Waals surface area contributed by atoms with Crippen LogP contribution in [0.3, 0.4) is 0 Å². The van der Waals surface area contributed by atoms with Crippen molar-refractivity contribution in [1.29, 1.82) is 0 Å². The SMILES string of the molecule is C#CCNC(=O)c1ccccc1C(=O)NCCCO. The summed E-state index contributed by atoms with van der Waals surface area (Å²) in [7, 11) is 0. The standard InChI is InChI=1S/C14H16N2O3/c1-2-8-15-13(18)11-6-3-4-7-12(11)14(19)16-9-5-10-17/h1,3-4,6-7,17H,5,8-10H2,(H,15,18)(H,16,19). The predicted octanol–water partition coefficient (Wildman–Crippen LogP) is 0.162. The molecule has 0 aliphatic rings. The Morgan fingerprint density at radius 3 is 2.26 bits per heavy atom. The van der Waals surface area contributed by atoms with E-state index in [2.05, 4.69) is 16.6 Å². The lowest BCUT2D eigenvalue weighted by Crippen LogP contribution is -2.30. The highest BCUT2D eigenvalue weighted by molar-refractivity contribution is 6.07. The summed E-state index contributed by atoms with van der Waals surface area (Å²) < 4.78 is 0. The van der Waals surface area contributed by atoms with E-state index >= 15 is 0 Å². The smallest absolute Gasteiger partial charge is 0.252 e. The second kappa shape index (κ2) is 7.90. The van der Waals surface area contributed by atoms with Gasteiger partial charge in [0.2, 0.25) is 0 Å². The van der Waals surface area contributed by atoms with Crippen LogP contribution in [0, 0.1) is 12.3 Å². The number of amides is 2. The van der Waals surface area contributed by atoms with Crippen LogP contribution in [0.1, 0.15) is 27.1 Å². The molecule has 0 aliphatic carbocycles. The molecule has 100 valence electrons. The number of carbonyl (C=O) groups is 2. The number of carbonyl (C=O) groups excluding carboxylic acids is 2. The number of aliphatic hydroxyl groups excluding tert-OH is 1. The quantitative estimate of drug-likeness (QED) is 0.503. The molecule has 5 nitrogen and oxygen atoms in total. The number of terminal acetylenes is 1. The van der Waals surface area contributed by atoms with Crippen molar-refractivity contribution >= 4 is 11.8 Å². The molecule has 0 radical (unpaired) electrons. The third kappa shape index (κ3) is 4.45. The van der Waals surface area contributed by atoms with E-state index in [1.807, 2.05) is 0 Å². The number of hydrogen-bond acceptors (Lipinski definition) is 3. The van der Waals surface area contributed by atoms with Crippen molar-refractivity contribution in [3.05, 3.63) is 35.4 Å². The first-order chi connectivity index (χ1) is 9.20. The molecule has 0 aromatic heterocycles. The molecule has 1 rings (SSSR count). The molecule has 0 atom stereocenters. The predicted molar refractivity (Wildman–Crippen MR) is 71.6 cm³/mol.